The Morgan fingerprint density at radius 2 is 2.03 bits per heavy atom. The number of nitrogens with zero attached hydrogens (tertiary/aromatic N) is 3. The van der Waals surface area contributed by atoms with E-state index in [1.807, 2.05) is 31.3 Å². The largest absolute Gasteiger partial charge is 0.435 e. The first-order chi connectivity index (χ1) is 14.5. The van der Waals surface area contributed by atoms with Gasteiger partial charge in [-0.15, -0.1) is 24.0 Å². The first-order valence-electron chi connectivity index (χ1n) is 10.2. The van der Waals surface area contributed by atoms with Crippen LogP contribution >= 0.6 is 24.0 Å². The average molecular weight is 545 g/mol. The van der Waals surface area contributed by atoms with Gasteiger partial charge in [-0.05, 0) is 62.1 Å². The van der Waals surface area contributed by atoms with Crippen molar-refractivity contribution in [1.82, 2.24) is 15.6 Å². The zero-order valence-electron chi connectivity index (χ0n) is 17.9. The number of hydrogen-bond donors (Lipinski definition) is 2. The van der Waals surface area contributed by atoms with Gasteiger partial charge < -0.3 is 20.3 Å². The van der Waals surface area contributed by atoms with Gasteiger partial charge in [-0.25, -0.2) is 0 Å². The van der Waals surface area contributed by atoms with E-state index < -0.39 is 6.61 Å². The maximum atomic E-state index is 12.3. The van der Waals surface area contributed by atoms with Crippen molar-refractivity contribution in [2.24, 2.45) is 4.99 Å². The van der Waals surface area contributed by atoms with Crippen LogP contribution in [-0.4, -0.2) is 50.3 Å². The molecule has 2 heterocycles. The summed E-state index contributed by atoms with van der Waals surface area (Å²) in [6, 6.07) is 11.2. The maximum absolute atomic E-state index is 12.3. The smallest absolute Gasteiger partial charge is 0.387 e. The molecule has 0 saturated carbocycles. The standard InChI is InChI=1S/C22H29F2N5O.HI/c1-16-5-6-17(14-27-16)11-12-26-22(25-2)28-18-4-3-13-29(15-18)19-7-9-20(10-8-19)30-21(23)24;/h5-10,14,18,21H,3-4,11-13,15H2,1-2H3,(H2,25,26,28);1H. The number of aliphatic imine (C=N–C) groups is 1. The lowest BCUT2D eigenvalue weighted by atomic mass is 10.0. The number of aryl methyl sites for hydroxylation is 1. The van der Waals surface area contributed by atoms with Gasteiger partial charge in [0.1, 0.15) is 5.75 Å². The van der Waals surface area contributed by atoms with Crippen LogP contribution in [-0.2, 0) is 6.42 Å². The van der Waals surface area contributed by atoms with E-state index in [4.69, 9.17) is 0 Å². The SMILES string of the molecule is CN=C(NCCc1ccc(C)nc1)NC1CCCN(c2ccc(OC(F)F)cc2)C1.I. The second kappa shape index (κ2) is 12.6. The Kier molecular flexibility index (Phi) is 10.2. The molecule has 1 aliphatic rings. The first kappa shape index (κ1) is 25.1. The van der Waals surface area contributed by atoms with E-state index >= 15 is 0 Å². The molecule has 0 spiro atoms. The van der Waals surface area contributed by atoms with Crippen LogP contribution in [0, 0.1) is 6.92 Å². The molecule has 31 heavy (non-hydrogen) atoms. The molecule has 1 atom stereocenters. The Morgan fingerprint density at radius 1 is 1.26 bits per heavy atom. The summed E-state index contributed by atoms with van der Waals surface area (Å²) in [6.45, 7) is 1.69. The number of alkyl halides is 2. The van der Waals surface area contributed by atoms with Crippen LogP contribution in [0.5, 0.6) is 5.75 Å². The zero-order chi connectivity index (χ0) is 21.3. The van der Waals surface area contributed by atoms with Gasteiger partial charge in [-0.2, -0.15) is 8.78 Å². The highest BCUT2D eigenvalue weighted by Crippen LogP contribution is 2.23. The summed E-state index contributed by atoms with van der Waals surface area (Å²) in [7, 11) is 1.77. The quantitative estimate of drug-likeness (QED) is 0.313. The van der Waals surface area contributed by atoms with E-state index in [0.717, 1.165) is 56.2 Å². The number of hydrogen-bond acceptors (Lipinski definition) is 4. The fourth-order valence-electron chi connectivity index (χ4n) is 3.53. The summed E-state index contributed by atoms with van der Waals surface area (Å²) >= 11 is 0. The van der Waals surface area contributed by atoms with Crippen molar-refractivity contribution in [3.8, 4) is 5.75 Å². The molecule has 6 nitrogen and oxygen atoms in total. The van der Waals surface area contributed by atoms with Crippen molar-refractivity contribution in [2.45, 2.75) is 38.8 Å². The third-order valence-corrected chi connectivity index (χ3v) is 5.09. The highest BCUT2D eigenvalue weighted by Gasteiger charge is 2.21. The first-order valence-corrected chi connectivity index (χ1v) is 10.2. The number of rotatable bonds is 7. The Balaban J connectivity index is 0.00000341. The number of aromatic nitrogens is 1. The second-order valence-corrected chi connectivity index (χ2v) is 7.36. The minimum atomic E-state index is -2.80. The molecule has 0 bridgehead atoms. The number of piperidine rings is 1. The highest BCUT2D eigenvalue weighted by molar-refractivity contribution is 14.0. The van der Waals surface area contributed by atoms with E-state index in [9.17, 15) is 8.78 Å². The molecule has 1 aliphatic heterocycles. The molecule has 0 amide bonds. The lowest BCUT2D eigenvalue weighted by Crippen LogP contribution is -2.51. The molecule has 9 heteroatoms. The predicted molar refractivity (Wildman–Crippen MR) is 131 cm³/mol. The summed E-state index contributed by atoms with van der Waals surface area (Å²) in [5.74, 6) is 0.955. The van der Waals surface area contributed by atoms with Crippen molar-refractivity contribution in [2.75, 3.05) is 31.6 Å². The monoisotopic (exact) mass is 545 g/mol. The molecule has 0 aliphatic carbocycles. The van der Waals surface area contributed by atoms with Crippen molar-refractivity contribution < 1.29 is 13.5 Å². The third-order valence-electron chi connectivity index (χ3n) is 5.09. The Labute approximate surface area is 199 Å². The number of halogens is 3. The number of anilines is 1. The molecule has 3 rings (SSSR count). The molecule has 1 saturated heterocycles. The molecular formula is C22H30F2IN5O. The van der Waals surface area contributed by atoms with Crippen molar-refractivity contribution >= 4 is 35.6 Å². The molecule has 1 aromatic heterocycles. The minimum absolute atomic E-state index is 0. The van der Waals surface area contributed by atoms with Crippen LogP contribution < -0.4 is 20.3 Å². The van der Waals surface area contributed by atoms with Gasteiger partial charge in [0.25, 0.3) is 0 Å². The minimum Gasteiger partial charge on any atom is -0.435 e. The molecule has 2 aromatic rings. The topological polar surface area (TPSA) is 61.8 Å². The molecule has 170 valence electrons. The molecule has 2 N–H and O–H groups in total. The van der Waals surface area contributed by atoms with Gasteiger partial charge in [0.15, 0.2) is 5.96 Å². The van der Waals surface area contributed by atoms with Crippen LogP contribution in [0.4, 0.5) is 14.5 Å². The number of benzene rings is 1. The lowest BCUT2D eigenvalue weighted by Gasteiger charge is -2.35. The van der Waals surface area contributed by atoms with Gasteiger partial charge in [0.2, 0.25) is 0 Å². The van der Waals surface area contributed by atoms with Gasteiger partial charge in [-0.1, -0.05) is 6.07 Å². The Bertz CT molecular complexity index is 818. The van der Waals surface area contributed by atoms with Crippen LogP contribution in [0.15, 0.2) is 47.6 Å². The van der Waals surface area contributed by atoms with E-state index in [0.29, 0.717) is 0 Å². The van der Waals surface area contributed by atoms with Crippen LogP contribution in [0.3, 0.4) is 0 Å². The number of pyridine rings is 1. The van der Waals surface area contributed by atoms with Gasteiger partial charge >= 0.3 is 6.61 Å². The van der Waals surface area contributed by atoms with E-state index in [1.165, 1.54) is 5.56 Å². The summed E-state index contributed by atoms with van der Waals surface area (Å²) in [5, 5.41) is 6.86. The third kappa shape index (κ3) is 8.12. The van der Waals surface area contributed by atoms with Gasteiger partial charge in [0, 0.05) is 50.3 Å². The fraction of sp³-hybridized carbons (Fsp3) is 0.455. The summed E-state index contributed by atoms with van der Waals surface area (Å²) < 4.78 is 29.1. The second-order valence-electron chi connectivity index (χ2n) is 7.36. The van der Waals surface area contributed by atoms with Crippen LogP contribution in [0.2, 0.25) is 0 Å². The van der Waals surface area contributed by atoms with Crippen molar-refractivity contribution in [1.29, 1.82) is 0 Å². The van der Waals surface area contributed by atoms with Crippen molar-refractivity contribution in [3.63, 3.8) is 0 Å². The van der Waals surface area contributed by atoms with E-state index in [-0.39, 0.29) is 35.8 Å². The highest BCUT2D eigenvalue weighted by atomic mass is 127. The van der Waals surface area contributed by atoms with Crippen LogP contribution in [0.1, 0.15) is 24.1 Å². The summed E-state index contributed by atoms with van der Waals surface area (Å²) in [6.07, 6.45) is 4.87. The van der Waals surface area contributed by atoms with Gasteiger partial charge in [-0.3, -0.25) is 9.98 Å². The van der Waals surface area contributed by atoms with Crippen LogP contribution in [0.25, 0.3) is 0 Å². The maximum Gasteiger partial charge on any atom is 0.387 e. The van der Waals surface area contributed by atoms with E-state index in [2.05, 4.69) is 36.3 Å². The number of nitrogens with one attached hydrogen (secondary N) is 2. The molecule has 1 unspecified atom stereocenters. The molecule has 0 radical (unpaired) electrons. The van der Waals surface area contributed by atoms with Crippen molar-refractivity contribution in [3.05, 3.63) is 53.9 Å². The molecule has 1 fully saturated rings. The molecule has 1 aromatic carbocycles. The zero-order valence-corrected chi connectivity index (χ0v) is 20.2. The summed E-state index contributed by atoms with van der Waals surface area (Å²) in [4.78, 5) is 10.9. The number of guanidine groups is 1. The normalized spacial score (nSPS) is 16.6. The summed E-state index contributed by atoms with van der Waals surface area (Å²) in [5.41, 5.74) is 3.20. The van der Waals surface area contributed by atoms with Gasteiger partial charge in [0.05, 0.1) is 0 Å². The fourth-order valence-corrected chi connectivity index (χ4v) is 3.53. The lowest BCUT2D eigenvalue weighted by molar-refractivity contribution is -0.0498. The predicted octanol–water partition coefficient (Wildman–Crippen LogP) is 3.99. The average Bonchev–Trinajstić information content (AvgIpc) is 2.75. The Morgan fingerprint density at radius 3 is 2.68 bits per heavy atom. The number of ether oxygens (including phenoxy) is 1. The van der Waals surface area contributed by atoms with E-state index in [1.54, 1.807) is 19.2 Å². The Hall–Kier alpha value is -2.17. The molecular weight excluding hydrogens is 515 g/mol.